The van der Waals surface area contributed by atoms with Gasteiger partial charge in [-0.2, -0.15) is 0 Å². The standard InChI is InChI=1S/C12H12N2O2S/c1-17(15,16)9-10-5-7-13-8-11(10)12-4-2-3-6-14-12/h2-8H,9H2,1H3. The van der Waals surface area contributed by atoms with Gasteiger partial charge in [0.15, 0.2) is 9.84 Å². The number of nitrogens with zero attached hydrogens (tertiary/aromatic N) is 2. The summed E-state index contributed by atoms with van der Waals surface area (Å²) in [6, 6.07) is 7.23. The van der Waals surface area contributed by atoms with Crippen LogP contribution in [-0.4, -0.2) is 24.6 Å². The number of pyridine rings is 2. The first-order chi connectivity index (χ1) is 8.06. The molecule has 2 aromatic heterocycles. The number of hydrogen-bond acceptors (Lipinski definition) is 4. The van der Waals surface area contributed by atoms with Gasteiger partial charge in [-0.25, -0.2) is 8.42 Å². The highest BCUT2D eigenvalue weighted by Crippen LogP contribution is 2.21. The first-order valence-electron chi connectivity index (χ1n) is 5.08. The molecule has 0 atom stereocenters. The van der Waals surface area contributed by atoms with Crippen LogP contribution in [0.5, 0.6) is 0 Å². The van der Waals surface area contributed by atoms with E-state index in [4.69, 9.17) is 0 Å². The Hall–Kier alpha value is -1.75. The van der Waals surface area contributed by atoms with E-state index >= 15 is 0 Å². The van der Waals surface area contributed by atoms with E-state index in [0.29, 0.717) is 0 Å². The Labute approximate surface area is 100 Å². The summed E-state index contributed by atoms with van der Waals surface area (Å²) in [6.45, 7) is 0. The maximum atomic E-state index is 11.3. The lowest BCUT2D eigenvalue weighted by molar-refractivity contribution is 0.601. The normalized spacial score (nSPS) is 11.4. The Bertz CT molecular complexity index is 609. The molecule has 0 aliphatic heterocycles. The Balaban J connectivity index is 2.49. The number of rotatable bonds is 3. The second-order valence-electron chi connectivity index (χ2n) is 3.82. The second kappa shape index (κ2) is 4.63. The third-order valence-corrected chi connectivity index (χ3v) is 3.11. The Morgan fingerprint density at radius 2 is 2.00 bits per heavy atom. The molecular weight excluding hydrogens is 236 g/mol. The molecule has 0 unspecified atom stereocenters. The van der Waals surface area contributed by atoms with E-state index in [0.717, 1.165) is 16.8 Å². The highest BCUT2D eigenvalue weighted by Gasteiger charge is 2.11. The minimum Gasteiger partial charge on any atom is -0.264 e. The van der Waals surface area contributed by atoms with E-state index < -0.39 is 9.84 Å². The van der Waals surface area contributed by atoms with Crippen molar-refractivity contribution in [2.24, 2.45) is 0 Å². The van der Waals surface area contributed by atoms with Crippen molar-refractivity contribution in [3.63, 3.8) is 0 Å². The number of sulfone groups is 1. The van der Waals surface area contributed by atoms with Crippen LogP contribution in [0.2, 0.25) is 0 Å². The fraction of sp³-hybridized carbons (Fsp3) is 0.167. The molecule has 0 amide bonds. The van der Waals surface area contributed by atoms with Crippen molar-refractivity contribution in [3.05, 3.63) is 48.4 Å². The topological polar surface area (TPSA) is 59.9 Å². The molecule has 0 saturated carbocycles. The molecule has 0 aliphatic rings. The third-order valence-electron chi connectivity index (χ3n) is 2.27. The van der Waals surface area contributed by atoms with Crippen molar-refractivity contribution in [1.82, 2.24) is 9.97 Å². The quantitative estimate of drug-likeness (QED) is 0.829. The van der Waals surface area contributed by atoms with Crippen molar-refractivity contribution < 1.29 is 8.42 Å². The second-order valence-corrected chi connectivity index (χ2v) is 5.96. The van der Waals surface area contributed by atoms with Gasteiger partial charge in [-0.3, -0.25) is 9.97 Å². The van der Waals surface area contributed by atoms with Crippen molar-refractivity contribution in [2.45, 2.75) is 5.75 Å². The third kappa shape index (κ3) is 3.10. The van der Waals surface area contributed by atoms with E-state index in [-0.39, 0.29) is 5.75 Å². The van der Waals surface area contributed by atoms with Crippen LogP contribution in [-0.2, 0) is 15.6 Å². The molecule has 88 valence electrons. The monoisotopic (exact) mass is 248 g/mol. The molecule has 2 heterocycles. The highest BCUT2D eigenvalue weighted by molar-refractivity contribution is 7.89. The van der Waals surface area contributed by atoms with Crippen LogP contribution in [0, 0.1) is 0 Å². The lowest BCUT2D eigenvalue weighted by Gasteiger charge is -2.06. The summed E-state index contributed by atoms with van der Waals surface area (Å²) >= 11 is 0. The maximum Gasteiger partial charge on any atom is 0.151 e. The van der Waals surface area contributed by atoms with Crippen molar-refractivity contribution >= 4 is 9.84 Å². The molecule has 2 aromatic rings. The maximum absolute atomic E-state index is 11.3. The molecule has 0 N–H and O–H groups in total. The van der Waals surface area contributed by atoms with E-state index in [1.165, 1.54) is 6.26 Å². The summed E-state index contributed by atoms with van der Waals surface area (Å²) in [5.41, 5.74) is 2.22. The zero-order valence-electron chi connectivity index (χ0n) is 9.37. The van der Waals surface area contributed by atoms with Crippen LogP contribution in [0.1, 0.15) is 5.56 Å². The first-order valence-corrected chi connectivity index (χ1v) is 7.14. The molecule has 0 bridgehead atoms. The molecule has 0 radical (unpaired) electrons. The van der Waals surface area contributed by atoms with Crippen molar-refractivity contribution in [3.8, 4) is 11.3 Å². The average Bonchev–Trinajstić information content (AvgIpc) is 2.29. The predicted molar refractivity (Wildman–Crippen MR) is 66.0 cm³/mol. The summed E-state index contributed by atoms with van der Waals surface area (Å²) in [6.07, 6.45) is 6.12. The van der Waals surface area contributed by atoms with E-state index in [1.807, 2.05) is 18.2 Å². The Kier molecular flexibility index (Phi) is 3.19. The molecule has 4 nitrogen and oxygen atoms in total. The molecule has 2 rings (SSSR count). The Morgan fingerprint density at radius 3 is 2.65 bits per heavy atom. The van der Waals surface area contributed by atoms with Gasteiger partial charge in [0, 0.05) is 30.4 Å². The van der Waals surface area contributed by atoms with Gasteiger partial charge in [0.1, 0.15) is 0 Å². The highest BCUT2D eigenvalue weighted by atomic mass is 32.2. The van der Waals surface area contributed by atoms with Gasteiger partial charge >= 0.3 is 0 Å². The number of aromatic nitrogens is 2. The van der Waals surface area contributed by atoms with Gasteiger partial charge in [-0.05, 0) is 23.8 Å². The molecule has 0 aliphatic carbocycles. The summed E-state index contributed by atoms with van der Waals surface area (Å²) < 4.78 is 22.7. The minimum atomic E-state index is -3.06. The van der Waals surface area contributed by atoms with Gasteiger partial charge in [0.25, 0.3) is 0 Å². The SMILES string of the molecule is CS(=O)(=O)Cc1ccncc1-c1ccccn1. The minimum absolute atomic E-state index is 0.00142. The van der Waals surface area contributed by atoms with Gasteiger partial charge in [0.2, 0.25) is 0 Å². The van der Waals surface area contributed by atoms with Crippen LogP contribution in [0.25, 0.3) is 11.3 Å². The van der Waals surface area contributed by atoms with Gasteiger partial charge in [0.05, 0.1) is 11.4 Å². The smallest absolute Gasteiger partial charge is 0.151 e. The molecule has 0 saturated heterocycles. The molecule has 0 aromatic carbocycles. The van der Waals surface area contributed by atoms with E-state index in [2.05, 4.69) is 9.97 Å². The zero-order chi connectivity index (χ0) is 12.3. The van der Waals surface area contributed by atoms with Crippen LogP contribution in [0.15, 0.2) is 42.9 Å². The lowest BCUT2D eigenvalue weighted by Crippen LogP contribution is -2.03. The van der Waals surface area contributed by atoms with Crippen LogP contribution < -0.4 is 0 Å². The van der Waals surface area contributed by atoms with Crippen LogP contribution >= 0.6 is 0 Å². The van der Waals surface area contributed by atoms with E-state index in [9.17, 15) is 8.42 Å². The predicted octanol–water partition coefficient (Wildman–Crippen LogP) is 1.69. The Morgan fingerprint density at radius 1 is 1.18 bits per heavy atom. The van der Waals surface area contributed by atoms with Gasteiger partial charge in [-0.1, -0.05) is 6.07 Å². The summed E-state index contributed by atoms with van der Waals surface area (Å²) in [5.74, 6) is 0.00142. The van der Waals surface area contributed by atoms with Gasteiger partial charge < -0.3 is 0 Å². The average molecular weight is 248 g/mol. The fourth-order valence-electron chi connectivity index (χ4n) is 1.58. The summed E-state index contributed by atoms with van der Waals surface area (Å²) in [4.78, 5) is 8.22. The zero-order valence-corrected chi connectivity index (χ0v) is 10.2. The molecule has 5 heteroatoms. The molecule has 0 spiro atoms. The number of hydrogen-bond donors (Lipinski definition) is 0. The molecular formula is C12H12N2O2S. The largest absolute Gasteiger partial charge is 0.264 e. The van der Waals surface area contributed by atoms with Crippen molar-refractivity contribution in [2.75, 3.05) is 6.26 Å². The van der Waals surface area contributed by atoms with Gasteiger partial charge in [-0.15, -0.1) is 0 Å². The van der Waals surface area contributed by atoms with Crippen molar-refractivity contribution in [1.29, 1.82) is 0 Å². The van der Waals surface area contributed by atoms with Crippen LogP contribution in [0.4, 0.5) is 0 Å². The van der Waals surface area contributed by atoms with E-state index in [1.54, 1.807) is 24.7 Å². The summed E-state index contributed by atoms with van der Waals surface area (Å²) in [7, 11) is -3.06. The lowest BCUT2D eigenvalue weighted by atomic mass is 10.1. The molecule has 17 heavy (non-hydrogen) atoms. The first kappa shape index (κ1) is 11.7. The molecule has 0 fully saturated rings. The fourth-order valence-corrected chi connectivity index (χ4v) is 2.40. The summed E-state index contributed by atoms with van der Waals surface area (Å²) in [5, 5.41) is 0. The van der Waals surface area contributed by atoms with Crippen LogP contribution in [0.3, 0.4) is 0 Å².